The Morgan fingerprint density at radius 1 is 1.28 bits per heavy atom. The summed E-state index contributed by atoms with van der Waals surface area (Å²) in [7, 11) is 5.48. The molecule has 4 heteroatoms. The Hall–Kier alpha value is -1.26. The van der Waals surface area contributed by atoms with Gasteiger partial charge in [-0.1, -0.05) is 0 Å². The molecule has 2 atom stereocenters. The molecule has 1 aromatic rings. The minimum Gasteiger partial charge on any atom is -0.497 e. The van der Waals surface area contributed by atoms with Gasteiger partial charge in [0.1, 0.15) is 11.5 Å². The van der Waals surface area contributed by atoms with Crippen molar-refractivity contribution in [3.05, 3.63) is 23.8 Å². The Bertz CT molecular complexity index is 399. The molecule has 1 heterocycles. The average Bonchev–Trinajstić information content (AvgIpc) is 2.38. The summed E-state index contributed by atoms with van der Waals surface area (Å²) >= 11 is 0. The van der Waals surface area contributed by atoms with Crippen LogP contribution in [0.1, 0.15) is 24.4 Å². The zero-order valence-corrected chi connectivity index (χ0v) is 11.3. The van der Waals surface area contributed by atoms with Gasteiger partial charge < -0.3 is 15.2 Å². The van der Waals surface area contributed by atoms with E-state index in [1.165, 1.54) is 0 Å². The van der Waals surface area contributed by atoms with Gasteiger partial charge in [0.2, 0.25) is 0 Å². The maximum atomic E-state index is 6.28. The van der Waals surface area contributed by atoms with Crippen molar-refractivity contribution in [1.29, 1.82) is 0 Å². The summed E-state index contributed by atoms with van der Waals surface area (Å²) in [6.45, 7) is 1.07. The molecule has 1 fully saturated rings. The molecule has 0 spiro atoms. The van der Waals surface area contributed by atoms with Gasteiger partial charge in [0.15, 0.2) is 0 Å². The van der Waals surface area contributed by atoms with Gasteiger partial charge in [-0.05, 0) is 44.6 Å². The molecule has 4 nitrogen and oxygen atoms in total. The first-order valence-corrected chi connectivity index (χ1v) is 6.35. The topological polar surface area (TPSA) is 47.7 Å². The highest BCUT2D eigenvalue weighted by Crippen LogP contribution is 2.36. The summed E-state index contributed by atoms with van der Waals surface area (Å²) in [5.74, 6) is 1.72. The number of rotatable bonds is 3. The SMILES string of the molecule is COc1ccc(OC)c(C2C(N)CCCN2C)c1. The summed E-state index contributed by atoms with van der Waals surface area (Å²) in [6, 6.07) is 6.24. The normalized spacial score (nSPS) is 24.9. The van der Waals surface area contributed by atoms with Crippen LogP contribution in [-0.4, -0.2) is 38.8 Å². The zero-order valence-electron chi connectivity index (χ0n) is 11.3. The minimum atomic E-state index is 0.143. The van der Waals surface area contributed by atoms with Gasteiger partial charge in [-0.15, -0.1) is 0 Å². The molecule has 0 saturated carbocycles. The van der Waals surface area contributed by atoms with Crippen LogP contribution in [-0.2, 0) is 0 Å². The summed E-state index contributed by atoms with van der Waals surface area (Å²) in [5, 5.41) is 0. The van der Waals surface area contributed by atoms with E-state index in [9.17, 15) is 0 Å². The molecule has 2 unspecified atom stereocenters. The van der Waals surface area contributed by atoms with Crippen molar-refractivity contribution in [2.45, 2.75) is 24.9 Å². The first-order chi connectivity index (χ1) is 8.67. The summed E-state index contributed by atoms with van der Waals surface area (Å²) in [6.07, 6.45) is 2.20. The Morgan fingerprint density at radius 3 is 2.67 bits per heavy atom. The third kappa shape index (κ3) is 2.44. The van der Waals surface area contributed by atoms with E-state index in [2.05, 4.69) is 11.9 Å². The maximum Gasteiger partial charge on any atom is 0.123 e. The van der Waals surface area contributed by atoms with Crippen LogP contribution in [0.15, 0.2) is 18.2 Å². The standard InChI is InChI=1S/C14H22N2O2/c1-16-8-4-5-12(15)14(16)11-9-10(17-2)6-7-13(11)18-3/h6-7,9,12,14H,4-5,8,15H2,1-3H3. The molecule has 2 N–H and O–H groups in total. The van der Waals surface area contributed by atoms with Gasteiger partial charge in [0.25, 0.3) is 0 Å². The van der Waals surface area contributed by atoms with Gasteiger partial charge in [0.05, 0.1) is 20.3 Å². The molecule has 0 amide bonds. The molecule has 0 aromatic heterocycles. The quantitative estimate of drug-likeness (QED) is 0.888. The van der Waals surface area contributed by atoms with Crippen molar-refractivity contribution in [2.75, 3.05) is 27.8 Å². The number of likely N-dealkylation sites (tertiary alicyclic amines) is 1. The molecule has 1 aromatic carbocycles. The smallest absolute Gasteiger partial charge is 0.123 e. The largest absolute Gasteiger partial charge is 0.497 e. The fraction of sp³-hybridized carbons (Fsp3) is 0.571. The van der Waals surface area contributed by atoms with E-state index < -0.39 is 0 Å². The van der Waals surface area contributed by atoms with E-state index in [4.69, 9.17) is 15.2 Å². The third-order valence-corrected chi connectivity index (χ3v) is 3.68. The van der Waals surface area contributed by atoms with Gasteiger partial charge in [-0.2, -0.15) is 0 Å². The van der Waals surface area contributed by atoms with E-state index in [1.54, 1.807) is 14.2 Å². The lowest BCUT2D eigenvalue weighted by Crippen LogP contribution is -2.44. The molecule has 1 aliphatic rings. The second-order valence-corrected chi connectivity index (χ2v) is 4.84. The molecule has 0 bridgehead atoms. The van der Waals surface area contributed by atoms with Crippen molar-refractivity contribution in [2.24, 2.45) is 5.73 Å². The number of methoxy groups -OCH3 is 2. The van der Waals surface area contributed by atoms with Crippen LogP contribution in [0.2, 0.25) is 0 Å². The zero-order chi connectivity index (χ0) is 13.1. The lowest BCUT2D eigenvalue weighted by molar-refractivity contribution is 0.159. The highest BCUT2D eigenvalue weighted by molar-refractivity contribution is 5.43. The summed E-state index contributed by atoms with van der Waals surface area (Å²) in [4.78, 5) is 2.30. The number of nitrogens with two attached hydrogens (primary N) is 1. The van der Waals surface area contributed by atoms with Gasteiger partial charge in [-0.25, -0.2) is 0 Å². The first-order valence-electron chi connectivity index (χ1n) is 6.35. The van der Waals surface area contributed by atoms with Gasteiger partial charge in [-0.3, -0.25) is 4.90 Å². The Labute approximate surface area is 109 Å². The fourth-order valence-corrected chi connectivity index (χ4v) is 2.74. The van der Waals surface area contributed by atoms with E-state index in [0.717, 1.165) is 36.4 Å². The number of hydrogen-bond donors (Lipinski definition) is 1. The number of benzene rings is 1. The van der Waals surface area contributed by atoms with Crippen LogP contribution in [0.25, 0.3) is 0 Å². The molecule has 100 valence electrons. The van der Waals surface area contributed by atoms with Crippen molar-refractivity contribution < 1.29 is 9.47 Å². The van der Waals surface area contributed by atoms with Crippen LogP contribution < -0.4 is 15.2 Å². The summed E-state index contributed by atoms with van der Waals surface area (Å²) < 4.78 is 10.8. The van der Waals surface area contributed by atoms with Crippen LogP contribution in [0, 0.1) is 0 Å². The highest BCUT2D eigenvalue weighted by atomic mass is 16.5. The second-order valence-electron chi connectivity index (χ2n) is 4.84. The monoisotopic (exact) mass is 250 g/mol. The number of piperidine rings is 1. The molecular formula is C14H22N2O2. The van der Waals surface area contributed by atoms with Crippen molar-refractivity contribution in [3.8, 4) is 11.5 Å². The van der Waals surface area contributed by atoms with E-state index in [0.29, 0.717) is 0 Å². The lowest BCUT2D eigenvalue weighted by Gasteiger charge is -2.38. The minimum absolute atomic E-state index is 0.143. The molecular weight excluding hydrogens is 228 g/mol. The first kappa shape index (κ1) is 13.2. The Kier molecular flexibility index (Phi) is 4.09. The predicted octanol–water partition coefficient (Wildman–Crippen LogP) is 1.80. The molecule has 1 aliphatic heterocycles. The van der Waals surface area contributed by atoms with Crippen LogP contribution in [0.3, 0.4) is 0 Å². The van der Waals surface area contributed by atoms with E-state index in [1.807, 2.05) is 18.2 Å². The van der Waals surface area contributed by atoms with Crippen LogP contribution in [0.4, 0.5) is 0 Å². The van der Waals surface area contributed by atoms with Crippen molar-refractivity contribution in [3.63, 3.8) is 0 Å². The number of nitrogens with zero attached hydrogens (tertiary/aromatic N) is 1. The maximum absolute atomic E-state index is 6.28. The molecule has 18 heavy (non-hydrogen) atoms. The third-order valence-electron chi connectivity index (χ3n) is 3.68. The number of ether oxygens (including phenoxy) is 2. The van der Waals surface area contributed by atoms with Crippen molar-refractivity contribution >= 4 is 0 Å². The van der Waals surface area contributed by atoms with Crippen LogP contribution >= 0.6 is 0 Å². The van der Waals surface area contributed by atoms with E-state index >= 15 is 0 Å². The lowest BCUT2D eigenvalue weighted by atomic mass is 9.91. The Morgan fingerprint density at radius 2 is 2.06 bits per heavy atom. The van der Waals surface area contributed by atoms with Crippen LogP contribution in [0.5, 0.6) is 11.5 Å². The summed E-state index contributed by atoms with van der Waals surface area (Å²) in [5.41, 5.74) is 7.40. The van der Waals surface area contributed by atoms with E-state index in [-0.39, 0.29) is 12.1 Å². The molecule has 0 radical (unpaired) electrons. The fourth-order valence-electron chi connectivity index (χ4n) is 2.74. The molecule has 2 rings (SSSR count). The van der Waals surface area contributed by atoms with Crippen molar-refractivity contribution in [1.82, 2.24) is 4.90 Å². The highest BCUT2D eigenvalue weighted by Gasteiger charge is 2.30. The molecule has 0 aliphatic carbocycles. The number of likely N-dealkylation sites (N-methyl/N-ethyl adjacent to an activating group) is 1. The molecule has 1 saturated heterocycles. The van der Waals surface area contributed by atoms with Gasteiger partial charge >= 0.3 is 0 Å². The predicted molar refractivity (Wildman–Crippen MR) is 72.1 cm³/mol. The average molecular weight is 250 g/mol. The van der Waals surface area contributed by atoms with Gasteiger partial charge in [0, 0.05) is 11.6 Å². The second kappa shape index (κ2) is 5.59. The Balaban J connectivity index is 2.40. The number of hydrogen-bond acceptors (Lipinski definition) is 4.